The molecule has 1 saturated carbocycles. The van der Waals surface area contributed by atoms with E-state index in [9.17, 15) is 14.4 Å². The first kappa shape index (κ1) is 35.3. The molecule has 2 fully saturated rings. The number of nitrogens with zero attached hydrogens (tertiary/aromatic N) is 1. The van der Waals surface area contributed by atoms with Crippen molar-refractivity contribution in [2.45, 2.75) is 76.0 Å². The molecule has 3 aromatic rings. The van der Waals surface area contributed by atoms with Crippen molar-refractivity contribution in [1.29, 1.82) is 0 Å². The predicted molar refractivity (Wildman–Crippen MR) is 192 cm³/mol. The Labute approximate surface area is 287 Å². The van der Waals surface area contributed by atoms with Gasteiger partial charge in [-0.05, 0) is 67.2 Å². The standard InChI is InChI=1S/C41H54N4O3/c46-38(43-27-25-39(47)44-30-34-17-14-28-45(32-34)31-33-15-5-1-6-16-33)24-13-26-42-40(48)29-41(35-18-7-2-8-19-35,36-20-9-3-10-21-36)37-22-11-4-12-23-37/h2-4,7-12,18-23,33-34H,1,5-6,13-17,24-32H2,(H,42,48)(H,43,46)(H,44,47)/t34-/m1/s1. The zero-order valence-corrected chi connectivity index (χ0v) is 28.5. The summed E-state index contributed by atoms with van der Waals surface area (Å²) in [4.78, 5) is 41.1. The first-order valence-corrected chi connectivity index (χ1v) is 18.2. The Morgan fingerprint density at radius 1 is 0.604 bits per heavy atom. The Morgan fingerprint density at radius 2 is 1.15 bits per heavy atom. The molecule has 1 atom stereocenters. The van der Waals surface area contributed by atoms with Crippen LogP contribution >= 0.6 is 0 Å². The smallest absolute Gasteiger partial charge is 0.221 e. The van der Waals surface area contributed by atoms with Crippen LogP contribution in [0.15, 0.2) is 91.0 Å². The normalized spacial score (nSPS) is 17.4. The van der Waals surface area contributed by atoms with Crippen LogP contribution in [0.1, 0.15) is 87.3 Å². The number of piperidine rings is 1. The minimum Gasteiger partial charge on any atom is -0.356 e. The van der Waals surface area contributed by atoms with Gasteiger partial charge in [0, 0.05) is 52.0 Å². The lowest BCUT2D eigenvalue weighted by Gasteiger charge is -2.36. The average Bonchev–Trinajstić information content (AvgIpc) is 3.13. The van der Waals surface area contributed by atoms with E-state index >= 15 is 0 Å². The van der Waals surface area contributed by atoms with Gasteiger partial charge in [0.25, 0.3) is 0 Å². The summed E-state index contributed by atoms with van der Waals surface area (Å²) >= 11 is 0. The van der Waals surface area contributed by atoms with E-state index in [0.717, 1.165) is 29.2 Å². The Bertz CT molecular complexity index is 1310. The summed E-state index contributed by atoms with van der Waals surface area (Å²) < 4.78 is 0. The topological polar surface area (TPSA) is 90.5 Å². The summed E-state index contributed by atoms with van der Waals surface area (Å²) in [6.45, 7) is 4.93. The fraction of sp³-hybridized carbons (Fsp3) is 0.488. The summed E-state index contributed by atoms with van der Waals surface area (Å²) in [6.07, 6.45) is 10.6. The maximum Gasteiger partial charge on any atom is 0.221 e. The van der Waals surface area contributed by atoms with E-state index in [-0.39, 0.29) is 30.6 Å². The molecule has 0 radical (unpaired) electrons. The van der Waals surface area contributed by atoms with E-state index < -0.39 is 5.41 Å². The summed E-state index contributed by atoms with van der Waals surface area (Å²) in [7, 11) is 0. The SMILES string of the molecule is O=C(CCCNC(=O)CC(c1ccccc1)(c1ccccc1)c1ccccc1)NCCC(=O)NC[C@H]1CCCN(CC2CCCCC2)C1. The van der Waals surface area contributed by atoms with Crippen molar-refractivity contribution in [3.63, 3.8) is 0 Å². The summed E-state index contributed by atoms with van der Waals surface area (Å²) in [5.41, 5.74) is 2.50. The number of amides is 3. The molecular weight excluding hydrogens is 596 g/mol. The van der Waals surface area contributed by atoms with E-state index in [2.05, 4.69) is 57.2 Å². The van der Waals surface area contributed by atoms with Crippen molar-refractivity contribution in [3.8, 4) is 0 Å². The van der Waals surface area contributed by atoms with E-state index in [1.54, 1.807) is 0 Å². The van der Waals surface area contributed by atoms with Gasteiger partial charge in [-0.15, -0.1) is 0 Å². The molecule has 1 saturated heterocycles. The second-order valence-electron chi connectivity index (χ2n) is 13.8. The van der Waals surface area contributed by atoms with Gasteiger partial charge in [-0.3, -0.25) is 14.4 Å². The number of carbonyl (C=O) groups is 3. The van der Waals surface area contributed by atoms with E-state index in [0.29, 0.717) is 38.4 Å². The van der Waals surface area contributed by atoms with Crippen LogP contribution in [0.25, 0.3) is 0 Å². The maximum atomic E-state index is 13.5. The molecule has 3 aromatic carbocycles. The number of hydrogen-bond donors (Lipinski definition) is 3. The summed E-state index contributed by atoms with van der Waals surface area (Å²) in [6, 6.07) is 30.5. The van der Waals surface area contributed by atoms with Crippen LogP contribution in [0.4, 0.5) is 0 Å². The van der Waals surface area contributed by atoms with Gasteiger partial charge in [0.1, 0.15) is 0 Å². The van der Waals surface area contributed by atoms with Crippen LogP contribution in [0.2, 0.25) is 0 Å². The molecule has 0 unspecified atom stereocenters. The molecule has 256 valence electrons. The molecule has 48 heavy (non-hydrogen) atoms. The molecule has 0 spiro atoms. The molecule has 1 aliphatic heterocycles. The Balaban J connectivity index is 1.02. The van der Waals surface area contributed by atoms with E-state index in [4.69, 9.17) is 0 Å². The van der Waals surface area contributed by atoms with Crippen LogP contribution < -0.4 is 16.0 Å². The fourth-order valence-corrected chi connectivity index (χ4v) is 7.72. The van der Waals surface area contributed by atoms with Gasteiger partial charge in [0.05, 0.1) is 5.41 Å². The molecular formula is C41H54N4O3. The molecule has 7 nitrogen and oxygen atoms in total. The molecule has 1 heterocycles. The minimum absolute atomic E-state index is 0.00861. The number of carbonyl (C=O) groups excluding carboxylic acids is 3. The highest BCUT2D eigenvalue weighted by Gasteiger charge is 2.38. The molecule has 2 aliphatic rings. The van der Waals surface area contributed by atoms with Gasteiger partial charge in [-0.1, -0.05) is 110 Å². The Hall–Kier alpha value is -3.97. The van der Waals surface area contributed by atoms with Crippen LogP contribution in [-0.4, -0.2) is 61.9 Å². The fourth-order valence-electron chi connectivity index (χ4n) is 7.72. The van der Waals surface area contributed by atoms with Crippen molar-refractivity contribution < 1.29 is 14.4 Å². The van der Waals surface area contributed by atoms with Crippen LogP contribution in [0, 0.1) is 11.8 Å². The van der Waals surface area contributed by atoms with Crippen molar-refractivity contribution in [3.05, 3.63) is 108 Å². The van der Waals surface area contributed by atoms with Crippen molar-refractivity contribution in [2.24, 2.45) is 11.8 Å². The monoisotopic (exact) mass is 650 g/mol. The molecule has 0 bridgehead atoms. The van der Waals surface area contributed by atoms with Crippen molar-refractivity contribution in [1.82, 2.24) is 20.9 Å². The van der Waals surface area contributed by atoms with Crippen LogP contribution in [-0.2, 0) is 19.8 Å². The first-order valence-electron chi connectivity index (χ1n) is 18.2. The lowest BCUT2D eigenvalue weighted by Crippen LogP contribution is -2.43. The molecule has 3 amide bonds. The van der Waals surface area contributed by atoms with Crippen LogP contribution in [0.5, 0.6) is 0 Å². The third-order valence-corrected chi connectivity index (χ3v) is 10.2. The van der Waals surface area contributed by atoms with Gasteiger partial charge in [-0.2, -0.15) is 0 Å². The quantitative estimate of drug-likeness (QED) is 0.127. The van der Waals surface area contributed by atoms with Crippen molar-refractivity contribution >= 4 is 17.7 Å². The maximum absolute atomic E-state index is 13.5. The average molecular weight is 651 g/mol. The predicted octanol–water partition coefficient (Wildman–Crippen LogP) is 6.22. The molecule has 5 rings (SSSR count). The molecule has 0 aromatic heterocycles. The number of hydrogen-bond acceptors (Lipinski definition) is 4. The van der Waals surface area contributed by atoms with Gasteiger partial charge in [0.2, 0.25) is 17.7 Å². The highest BCUT2D eigenvalue weighted by atomic mass is 16.2. The van der Waals surface area contributed by atoms with Gasteiger partial charge < -0.3 is 20.9 Å². The molecule has 7 heteroatoms. The zero-order chi connectivity index (χ0) is 33.4. The lowest BCUT2D eigenvalue weighted by molar-refractivity contribution is -0.124. The third-order valence-electron chi connectivity index (χ3n) is 10.2. The number of nitrogens with one attached hydrogen (secondary N) is 3. The number of likely N-dealkylation sites (tertiary alicyclic amines) is 1. The van der Waals surface area contributed by atoms with Crippen molar-refractivity contribution in [2.75, 3.05) is 39.3 Å². The highest BCUT2D eigenvalue weighted by Crippen LogP contribution is 2.42. The Morgan fingerprint density at radius 3 is 1.75 bits per heavy atom. The van der Waals surface area contributed by atoms with Gasteiger partial charge in [0.15, 0.2) is 0 Å². The number of rotatable bonds is 16. The molecule has 1 aliphatic carbocycles. The largest absolute Gasteiger partial charge is 0.356 e. The van der Waals surface area contributed by atoms with Gasteiger partial charge in [-0.25, -0.2) is 0 Å². The first-order chi connectivity index (χ1) is 23.5. The van der Waals surface area contributed by atoms with Gasteiger partial charge >= 0.3 is 0 Å². The summed E-state index contributed by atoms with van der Waals surface area (Å²) in [5.74, 6) is 1.18. The van der Waals surface area contributed by atoms with Crippen LogP contribution in [0.3, 0.4) is 0 Å². The lowest BCUT2D eigenvalue weighted by atomic mass is 9.67. The second-order valence-corrected chi connectivity index (χ2v) is 13.8. The second kappa shape index (κ2) is 18.5. The third kappa shape index (κ3) is 10.3. The minimum atomic E-state index is -0.656. The van der Waals surface area contributed by atoms with E-state index in [1.807, 2.05) is 54.6 Å². The number of benzene rings is 3. The Kier molecular flexibility index (Phi) is 13.7. The molecule has 3 N–H and O–H groups in total. The summed E-state index contributed by atoms with van der Waals surface area (Å²) in [5, 5.41) is 9.04. The van der Waals surface area contributed by atoms with E-state index in [1.165, 1.54) is 58.0 Å². The highest BCUT2D eigenvalue weighted by molar-refractivity contribution is 5.81. The zero-order valence-electron chi connectivity index (χ0n) is 28.5.